The first-order valence-corrected chi connectivity index (χ1v) is 9.20. The predicted octanol–water partition coefficient (Wildman–Crippen LogP) is 1.61. The molecule has 3 amide bonds. The van der Waals surface area contributed by atoms with Crippen molar-refractivity contribution in [3.05, 3.63) is 35.9 Å². The number of rotatable bonds is 6. The summed E-state index contributed by atoms with van der Waals surface area (Å²) in [7, 11) is 0. The van der Waals surface area contributed by atoms with Gasteiger partial charge in [0.15, 0.2) is 0 Å². The molecule has 25 heavy (non-hydrogen) atoms. The van der Waals surface area contributed by atoms with Crippen LogP contribution in [0.5, 0.6) is 0 Å². The minimum atomic E-state index is -0.848. The van der Waals surface area contributed by atoms with Crippen molar-refractivity contribution in [3.63, 3.8) is 0 Å². The molecule has 6 nitrogen and oxygen atoms in total. The third-order valence-corrected chi connectivity index (χ3v) is 5.45. The fourth-order valence-corrected chi connectivity index (χ4v) is 3.97. The van der Waals surface area contributed by atoms with E-state index in [9.17, 15) is 9.59 Å². The molecule has 1 saturated heterocycles. The van der Waals surface area contributed by atoms with Gasteiger partial charge >= 0.3 is 6.03 Å². The summed E-state index contributed by atoms with van der Waals surface area (Å²) in [6.07, 6.45) is 4.22. The van der Waals surface area contributed by atoms with Crippen LogP contribution in [0.1, 0.15) is 37.7 Å². The van der Waals surface area contributed by atoms with Crippen LogP contribution in [-0.4, -0.2) is 42.0 Å². The summed E-state index contributed by atoms with van der Waals surface area (Å²) < 4.78 is 0. The highest BCUT2D eigenvalue weighted by molar-refractivity contribution is 5.90. The molecule has 3 rings (SSSR count). The molecule has 1 aliphatic heterocycles. The molecular formula is C19H28N4O2. The van der Waals surface area contributed by atoms with E-state index in [-0.39, 0.29) is 6.03 Å². The summed E-state index contributed by atoms with van der Waals surface area (Å²) >= 11 is 0. The van der Waals surface area contributed by atoms with Crippen LogP contribution in [-0.2, 0) is 11.3 Å². The van der Waals surface area contributed by atoms with E-state index < -0.39 is 11.4 Å². The molecule has 0 radical (unpaired) electrons. The lowest BCUT2D eigenvalue weighted by Gasteiger charge is -2.27. The Hall–Kier alpha value is -2.08. The summed E-state index contributed by atoms with van der Waals surface area (Å²) in [4.78, 5) is 26.3. The number of primary amides is 1. The Balaban J connectivity index is 1.42. The molecule has 1 aromatic rings. The smallest absolute Gasteiger partial charge is 0.315 e. The Kier molecular flexibility index (Phi) is 5.58. The number of benzene rings is 1. The molecule has 0 aromatic heterocycles. The van der Waals surface area contributed by atoms with Gasteiger partial charge in [-0.1, -0.05) is 43.2 Å². The van der Waals surface area contributed by atoms with E-state index in [1.165, 1.54) is 5.56 Å². The van der Waals surface area contributed by atoms with Crippen LogP contribution in [0.3, 0.4) is 0 Å². The maximum absolute atomic E-state index is 12.2. The quantitative estimate of drug-likeness (QED) is 0.732. The summed E-state index contributed by atoms with van der Waals surface area (Å²) in [5.41, 5.74) is 5.97. The molecule has 2 fully saturated rings. The molecule has 4 N–H and O–H groups in total. The molecule has 1 saturated carbocycles. The van der Waals surface area contributed by atoms with Gasteiger partial charge in [0, 0.05) is 19.6 Å². The van der Waals surface area contributed by atoms with Gasteiger partial charge in [-0.05, 0) is 37.3 Å². The maximum Gasteiger partial charge on any atom is 0.315 e. The molecule has 1 atom stereocenters. The molecule has 2 aliphatic rings. The highest BCUT2D eigenvalue weighted by atomic mass is 16.2. The van der Waals surface area contributed by atoms with Crippen molar-refractivity contribution in [3.8, 4) is 0 Å². The van der Waals surface area contributed by atoms with Crippen molar-refractivity contribution in [1.29, 1.82) is 0 Å². The first kappa shape index (κ1) is 17.7. The van der Waals surface area contributed by atoms with Crippen LogP contribution in [0, 0.1) is 5.92 Å². The van der Waals surface area contributed by atoms with Gasteiger partial charge in [0.05, 0.1) is 0 Å². The second kappa shape index (κ2) is 7.87. The third-order valence-electron chi connectivity index (χ3n) is 5.45. The van der Waals surface area contributed by atoms with Crippen LogP contribution < -0.4 is 16.4 Å². The summed E-state index contributed by atoms with van der Waals surface area (Å²) in [5.74, 6) is 0.0256. The van der Waals surface area contributed by atoms with Crippen molar-refractivity contribution < 1.29 is 9.59 Å². The molecule has 1 aliphatic carbocycles. The van der Waals surface area contributed by atoms with Crippen LogP contribution >= 0.6 is 0 Å². The summed E-state index contributed by atoms with van der Waals surface area (Å²) in [5, 5.41) is 5.76. The van der Waals surface area contributed by atoms with Gasteiger partial charge < -0.3 is 16.4 Å². The molecule has 1 aromatic carbocycles. The largest absolute Gasteiger partial charge is 0.368 e. The zero-order chi connectivity index (χ0) is 17.7. The average molecular weight is 344 g/mol. The topological polar surface area (TPSA) is 87.5 Å². The average Bonchev–Trinajstić information content (AvgIpc) is 3.24. The van der Waals surface area contributed by atoms with E-state index in [0.29, 0.717) is 25.3 Å². The van der Waals surface area contributed by atoms with Gasteiger partial charge in [0.1, 0.15) is 5.54 Å². The van der Waals surface area contributed by atoms with Crippen molar-refractivity contribution in [2.75, 3.05) is 19.6 Å². The number of amides is 3. The van der Waals surface area contributed by atoms with Gasteiger partial charge in [0.25, 0.3) is 0 Å². The Morgan fingerprint density at radius 2 is 1.92 bits per heavy atom. The van der Waals surface area contributed by atoms with E-state index in [4.69, 9.17) is 5.73 Å². The predicted molar refractivity (Wildman–Crippen MR) is 96.8 cm³/mol. The van der Waals surface area contributed by atoms with E-state index in [2.05, 4.69) is 39.8 Å². The normalized spacial score (nSPS) is 22.6. The highest BCUT2D eigenvalue weighted by Gasteiger charge is 2.41. The Morgan fingerprint density at radius 3 is 2.60 bits per heavy atom. The number of nitrogens with two attached hydrogens (primary N) is 1. The lowest BCUT2D eigenvalue weighted by Crippen LogP contribution is -2.58. The molecule has 1 heterocycles. The first-order chi connectivity index (χ1) is 12.1. The fourth-order valence-electron chi connectivity index (χ4n) is 3.97. The van der Waals surface area contributed by atoms with Crippen LogP contribution in [0.15, 0.2) is 30.3 Å². The molecule has 0 bridgehead atoms. The summed E-state index contributed by atoms with van der Waals surface area (Å²) in [6.45, 7) is 3.62. The van der Waals surface area contributed by atoms with Crippen molar-refractivity contribution in [2.24, 2.45) is 11.7 Å². The van der Waals surface area contributed by atoms with Gasteiger partial charge in [-0.2, -0.15) is 0 Å². The zero-order valence-electron chi connectivity index (χ0n) is 14.7. The summed E-state index contributed by atoms with van der Waals surface area (Å²) in [6, 6.07) is 10.2. The van der Waals surface area contributed by atoms with E-state index in [0.717, 1.165) is 38.9 Å². The SMILES string of the molecule is NC(=O)C1(NC(=O)NCC2CCN(Cc3ccccc3)C2)CCCC1. The molecule has 0 spiro atoms. The third kappa shape index (κ3) is 4.51. The standard InChI is InChI=1S/C19H28N4O2/c20-17(24)19(9-4-5-10-19)22-18(25)21-12-16-8-11-23(14-16)13-15-6-2-1-3-7-15/h1-3,6-7,16H,4-5,8-14H2,(H2,20,24)(H2,21,22,25). The number of nitrogens with zero attached hydrogens (tertiary/aromatic N) is 1. The molecule has 1 unspecified atom stereocenters. The highest BCUT2D eigenvalue weighted by Crippen LogP contribution is 2.29. The molecule has 136 valence electrons. The van der Waals surface area contributed by atoms with Gasteiger partial charge in [-0.25, -0.2) is 4.79 Å². The minimum Gasteiger partial charge on any atom is -0.368 e. The number of nitrogens with one attached hydrogen (secondary N) is 2. The van der Waals surface area contributed by atoms with E-state index in [1.807, 2.05) is 6.07 Å². The number of carbonyl (C=O) groups excluding carboxylic acids is 2. The lowest BCUT2D eigenvalue weighted by molar-refractivity contribution is -0.123. The van der Waals surface area contributed by atoms with Gasteiger partial charge in [-0.15, -0.1) is 0 Å². The van der Waals surface area contributed by atoms with Gasteiger partial charge in [0.2, 0.25) is 5.91 Å². The number of hydrogen-bond acceptors (Lipinski definition) is 3. The lowest BCUT2D eigenvalue weighted by atomic mass is 9.97. The number of carbonyl (C=O) groups is 2. The first-order valence-electron chi connectivity index (χ1n) is 9.20. The number of likely N-dealkylation sites (tertiary alicyclic amines) is 1. The second-order valence-electron chi connectivity index (χ2n) is 7.36. The van der Waals surface area contributed by atoms with Crippen molar-refractivity contribution >= 4 is 11.9 Å². The Labute approximate surface area is 149 Å². The van der Waals surface area contributed by atoms with Crippen molar-refractivity contribution in [1.82, 2.24) is 15.5 Å². The van der Waals surface area contributed by atoms with Crippen LogP contribution in [0.4, 0.5) is 4.79 Å². The van der Waals surface area contributed by atoms with E-state index in [1.54, 1.807) is 0 Å². The Morgan fingerprint density at radius 1 is 1.20 bits per heavy atom. The number of urea groups is 1. The van der Waals surface area contributed by atoms with Crippen LogP contribution in [0.25, 0.3) is 0 Å². The van der Waals surface area contributed by atoms with Gasteiger partial charge in [-0.3, -0.25) is 9.69 Å². The van der Waals surface area contributed by atoms with Crippen LogP contribution in [0.2, 0.25) is 0 Å². The van der Waals surface area contributed by atoms with Crippen molar-refractivity contribution in [2.45, 2.75) is 44.2 Å². The monoisotopic (exact) mass is 344 g/mol. The van der Waals surface area contributed by atoms with E-state index >= 15 is 0 Å². The minimum absolute atomic E-state index is 0.276. The molecule has 6 heteroatoms. The number of hydrogen-bond donors (Lipinski definition) is 3. The maximum atomic E-state index is 12.2. The molecular weight excluding hydrogens is 316 g/mol. The zero-order valence-corrected chi connectivity index (χ0v) is 14.7. The second-order valence-corrected chi connectivity index (χ2v) is 7.36. The Bertz CT molecular complexity index is 599. The fraction of sp³-hybridized carbons (Fsp3) is 0.579.